The minimum Gasteiger partial charge on any atom is -0.198 e. The van der Waals surface area contributed by atoms with E-state index in [1.807, 2.05) is 0 Å². The van der Waals surface area contributed by atoms with Crippen LogP contribution in [0, 0.1) is 29.1 Å². The third-order valence-electron chi connectivity index (χ3n) is 2.52. The highest BCUT2D eigenvalue weighted by atomic mass is 14.3. The van der Waals surface area contributed by atoms with Gasteiger partial charge in [-0.2, -0.15) is 5.26 Å². The second kappa shape index (κ2) is 3.09. The van der Waals surface area contributed by atoms with Crippen molar-refractivity contribution in [2.45, 2.75) is 27.2 Å². The van der Waals surface area contributed by atoms with Gasteiger partial charge in [0.25, 0.3) is 0 Å². The lowest BCUT2D eigenvalue weighted by Gasteiger charge is -2.27. The summed E-state index contributed by atoms with van der Waals surface area (Å²) in [6.07, 6.45) is 3.33. The Kier molecular flexibility index (Phi) is 2.34. The molecule has 0 fully saturated rings. The summed E-state index contributed by atoms with van der Waals surface area (Å²) in [5.74, 6) is 1.22. The van der Waals surface area contributed by atoms with Crippen molar-refractivity contribution in [1.82, 2.24) is 0 Å². The zero-order valence-electron chi connectivity index (χ0n) is 7.46. The van der Waals surface area contributed by atoms with Crippen molar-refractivity contribution in [3.8, 4) is 6.07 Å². The maximum absolute atomic E-state index is 8.84. The molecular weight excluding hydrogens is 134 g/mol. The molecule has 0 aromatic rings. The van der Waals surface area contributed by atoms with Crippen molar-refractivity contribution in [2.75, 3.05) is 0 Å². The lowest BCUT2D eigenvalue weighted by Crippen LogP contribution is -2.21. The van der Waals surface area contributed by atoms with Crippen LogP contribution < -0.4 is 0 Å². The fraction of sp³-hybridized carbons (Fsp3) is 0.700. The maximum atomic E-state index is 8.84. The molecule has 0 aliphatic heterocycles. The van der Waals surface area contributed by atoms with Gasteiger partial charge in [-0.1, -0.05) is 25.5 Å². The van der Waals surface area contributed by atoms with Gasteiger partial charge in [0.1, 0.15) is 0 Å². The molecule has 0 spiro atoms. The van der Waals surface area contributed by atoms with Crippen LogP contribution in [0.5, 0.6) is 0 Å². The SMILES string of the molecule is CC1=C[C@H](C)[C@@H](C#N)[C@@H](C)C1. The molecule has 0 heterocycles. The van der Waals surface area contributed by atoms with E-state index in [9.17, 15) is 0 Å². The Bertz CT molecular complexity index is 209. The number of nitrogens with zero attached hydrogens (tertiary/aromatic N) is 1. The largest absolute Gasteiger partial charge is 0.198 e. The third kappa shape index (κ3) is 1.63. The molecule has 0 aromatic heterocycles. The van der Waals surface area contributed by atoms with Crippen LogP contribution in [0.15, 0.2) is 11.6 Å². The number of allylic oxidation sites excluding steroid dienone is 2. The Morgan fingerprint density at radius 3 is 2.64 bits per heavy atom. The van der Waals surface area contributed by atoms with E-state index < -0.39 is 0 Å². The van der Waals surface area contributed by atoms with Crippen molar-refractivity contribution < 1.29 is 0 Å². The highest BCUT2D eigenvalue weighted by molar-refractivity contribution is 5.12. The van der Waals surface area contributed by atoms with Crippen molar-refractivity contribution in [3.63, 3.8) is 0 Å². The molecule has 1 aliphatic carbocycles. The molecule has 0 saturated carbocycles. The molecule has 0 bridgehead atoms. The Balaban J connectivity index is 2.79. The summed E-state index contributed by atoms with van der Waals surface area (Å²) in [5.41, 5.74) is 1.44. The maximum Gasteiger partial charge on any atom is 0.0664 e. The van der Waals surface area contributed by atoms with Gasteiger partial charge < -0.3 is 0 Å². The van der Waals surface area contributed by atoms with Crippen LogP contribution in [0.4, 0.5) is 0 Å². The molecule has 1 heteroatoms. The first-order valence-corrected chi connectivity index (χ1v) is 4.22. The highest BCUT2D eigenvalue weighted by Gasteiger charge is 2.25. The number of hydrogen-bond donors (Lipinski definition) is 0. The van der Waals surface area contributed by atoms with E-state index in [-0.39, 0.29) is 5.92 Å². The predicted octanol–water partition coefficient (Wildman–Crippen LogP) is 2.75. The summed E-state index contributed by atoms with van der Waals surface area (Å²) in [6, 6.07) is 2.38. The average molecular weight is 149 g/mol. The normalized spacial score (nSPS) is 37.6. The first kappa shape index (κ1) is 8.33. The molecule has 60 valence electrons. The van der Waals surface area contributed by atoms with E-state index in [4.69, 9.17) is 5.26 Å². The molecule has 0 saturated heterocycles. The average Bonchev–Trinajstić information content (AvgIpc) is 1.85. The molecule has 11 heavy (non-hydrogen) atoms. The van der Waals surface area contributed by atoms with E-state index >= 15 is 0 Å². The van der Waals surface area contributed by atoms with Gasteiger partial charge in [-0.15, -0.1) is 0 Å². The summed E-state index contributed by atoms with van der Waals surface area (Å²) in [5, 5.41) is 8.84. The molecule has 0 radical (unpaired) electrons. The number of hydrogen-bond acceptors (Lipinski definition) is 1. The van der Waals surface area contributed by atoms with Crippen molar-refractivity contribution >= 4 is 0 Å². The van der Waals surface area contributed by atoms with E-state index in [1.165, 1.54) is 5.57 Å². The Hall–Kier alpha value is -0.770. The van der Waals surface area contributed by atoms with Crippen molar-refractivity contribution in [2.24, 2.45) is 17.8 Å². The highest BCUT2D eigenvalue weighted by Crippen LogP contribution is 2.32. The van der Waals surface area contributed by atoms with Gasteiger partial charge in [0.2, 0.25) is 0 Å². The molecule has 1 rings (SSSR count). The zero-order chi connectivity index (χ0) is 8.43. The van der Waals surface area contributed by atoms with Crippen LogP contribution in [0.3, 0.4) is 0 Å². The second-order valence-electron chi connectivity index (χ2n) is 3.71. The first-order valence-electron chi connectivity index (χ1n) is 4.22. The molecular formula is C10H15N. The smallest absolute Gasteiger partial charge is 0.0664 e. The fourth-order valence-electron chi connectivity index (χ4n) is 2.02. The quantitative estimate of drug-likeness (QED) is 0.486. The third-order valence-corrected chi connectivity index (χ3v) is 2.52. The molecule has 0 N–H and O–H groups in total. The predicted molar refractivity (Wildman–Crippen MR) is 45.8 cm³/mol. The Labute approximate surface area is 68.7 Å². The van der Waals surface area contributed by atoms with Crippen LogP contribution in [-0.4, -0.2) is 0 Å². The minimum atomic E-state index is 0.235. The van der Waals surface area contributed by atoms with Gasteiger partial charge in [0, 0.05) is 0 Å². The summed E-state index contributed by atoms with van der Waals surface area (Å²) < 4.78 is 0. The van der Waals surface area contributed by atoms with E-state index in [0.29, 0.717) is 11.8 Å². The van der Waals surface area contributed by atoms with Gasteiger partial charge in [0.05, 0.1) is 12.0 Å². The first-order chi connectivity index (χ1) is 5.15. The summed E-state index contributed by atoms with van der Waals surface area (Å²) in [4.78, 5) is 0. The van der Waals surface area contributed by atoms with Gasteiger partial charge in [-0.25, -0.2) is 0 Å². The Morgan fingerprint density at radius 1 is 1.55 bits per heavy atom. The van der Waals surface area contributed by atoms with Crippen LogP contribution in [0.2, 0.25) is 0 Å². The lowest BCUT2D eigenvalue weighted by molar-refractivity contribution is 0.342. The van der Waals surface area contributed by atoms with Crippen molar-refractivity contribution in [3.05, 3.63) is 11.6 Å². The van der Waals surface area contributed by atoms with Crippen LogP contribution >= 0.6 is 0 Å². The molecule has 0 amide bonds. The van der Waals surface area contributed by atoms with Gasteiger partial charge in [-0.05, 0) is 25.2 Å². The molecule has 0 unspecified atom stereocenters. The van der Waals surface area contributed by atoms with Gasteiger partial charge in [0.15, 0.2) is 0 Å². The van der Waals surface area contributed by atoms with Crippen LogP contribution in [-0.2, 0) is 0 Å². The second-order valence-corrected chi connectivity index (χ2v) is 3.71. The van der Waals surface area contributed by atoms with E-state index in [0.717, 1.165) is 6.42 Å². The number of rotatable bonds is 0. The van der Waals surface area contributed by atoms with E-state index in [1.54, 1.807) is 0 Å². The Morgan fingerprint density at radius 2 is 2.18 bits per heavy atom. The minimum absolute atomic E-state index is 0.235. The zero-order valence-corrected chi connectivity index (χ0v) is 7.46. The molecule has 1 aliphatic rings. The van der Waals surface area contributed by atoms with E-state index in [2.05, 4.69) is 32.9 Å². The molecule has 3 atom stereocenters. The van der Waals surface area contributed by atoms with Crippen LogP contribution in [0.25, 0.3) is 0 Å². The number of nitriles is 1. The lowest BCUT2D eigenvalue weighted by atomic mass is 9.76. The summed E-state index contributed by atoms with van der Waals surface area (Å²) >= 11 is 0. The standard InChI is InChI=1S/C10H15N/c1-7-4-8(2)10(6-11)9(3)5-7/h4,8-10H,5H2,1-3H3/t8-,9-,10+/m0/s1. The molecule has 0 aromatic carbocycles. The molecule has 1 nitrogen and oxygen atoms in total. The monoisotopic (exact) mass is 149 g/mol. The summed E-state index contributed by atoms with van der Waals surface area (Å²) in [7, 11) is 0. The van der Waals surface area contributed by atoms with Crippen molar-refractivity contribution in [1.29, 1.82) is 5.26 Å². The van der Waals surface area contributed by atoms with Crippen LogP contribution in [0.1, 0.15) is 27.2 Å². The van der Waals surface area contributed by atoms with Gasteiger partial charge in [-0.3, -0.25) is 0 Å². The summed E-state index contributed by atoms with van der Waals surface area (Å²) in [6.45, 7) is 6.45. The van der Waals surface area contributed by atoms with Gasteiger partial charge >= 0.3 is 0 Å². The fourth-order valence-corrected chi connectivity index (χ4v) is 2.02. The topological polar surface area (TPSA) is 23.8 Å².